The first-order valence-electron chi connectivity index (χ1n) is 8.94. The Balaban J connectivity index is 1.79. The summed E-state index contributed by atoms with van der Waals surface area (Å²) in [6.45, 7) is 0.336. The number of carbonyl (C=O) groups excluding carboxylic acids is 1. The van der Waals surface area contributed by atoms with E-state index in [1.807, 2.05) is 36.4 Å². The van der Waals surface area contributed by atoms with Gasteiger partial charge in [-0.05, 0) is 47.9 Å². The van der Waals surface area contributed by atoms with Crippen molar-refractivity contribution in [1.29, 1.82) is 0 Å². The molecule has 0 N–H and O–H groups in total. The lowest BCUT2D eigenvalue weighted by molar-refractivity contribution is -0.128. The molecular weight excluding hydrogens is 398 g/mol. The highest BCUT2D eigenvalue weighted by atomic mass is 35.5. The van der Waals surface area contributed by atoms with Gasteiger partial charge in [0.2, 0.25) is 5.91 Å². The number of methoxy groups -OCH3 is 1. The van der Waals surface area contributed by atoms with Gasteiger partial charge in [0.15, 0.2) is 9.84 Å². The van der Waals surface area contributed by atoms with Crippen molar-refractivity contribution in [3.63, 3.8) is 0 Å². The summed E-state index contributed by atoms with van der Waals surface area (Å²) in [6, 6.07) is 14.2. The van der Waals surface area contributed by atoms with Gasteiger partial charge in [0.1, 0.15) is 5.75 Å². The van der Waals surface area contributed by atoms with Crippen molar-refractivity contribution in [3.8, 4) is 5.75 Å². The molecule has 1 amide bonds. The van der Waals surface area contributed by atoms with Crippen LogP contribution in [0.15, 0.2) is 54.6 Å². The third-order valence-corrected chi connectivity index (χ3v) is 6.73. The SMILES string of the molecule is COc1ccc(/C=C/C(=O)N(Cc2ccc(Cl)cc2)[C@@H]2CCS(=O)(=O)C2)cc1. The summed E-state index contributed by atoms with van der Waals surface area (Å²) in [7, 11) is -1.50. The molecule has 1 atom stereocenters. The molecule has 0 saturated carbocycles. The molecule has 0 radical (unpaired) electrons. The highest BCUT2D eigenvalue weighted by Crippen LogP contribution is 2.22. The van der Waals surface area contributed by atoms with Crippen molar-refractivity contribution in [1.82, 2.24) is 4.90 Å². The van der Waals surface area contributed by atoms with E-state index in [-0.39, 0.29) is 23.5 Å². The molecule has 3 rings (SSSR count). The lowest BCUT2D eigenvalue weighted by Gasteiger charge is -2.27. The van der Waals surface area contributed by atoms with E-state index in [4.69, 9.17) is 16.3 Å². The van der Waals surface area contributed by atoms with Crippen molar-refractivity contribution in [2.24, 2.45) is 0 Å². The number of hydrogen-bond donors (Lipinski definition) is 0. The maximum atomic E-state index is 12.9. The molecule has 2 aromatic rings. The Labute approximate surface area is 170 Å². The van der Waals surface area contributed by atoms with Crippen LogP contribution in [0.1, 0.15) is 17.5 Å². The van der Waals surface area contributed by atoms with Gasteiger partial charge in [-0.3, -0.25) is 4.79 Å². The van der Waals surface area contributed by atoms with Crippen LogP contribution in [0.3, 0.4) is 0 Å². The summed E-state index contributed by atoms with van der Waals surface area (Å²) < 4.78 is 29.0. The van der Waals surface area contributed by atoms with Crippen LogP contribution in [0.4, 0.5) is 0 Å². The fourth-order valence-electron chi connectivity index (χ4n) is 3.17. The van der Waals surface area contributed by atoms with Gasteiger partial charge in [0.25, 0.3) is 0 Å². The molecule has 5 nitrogen and oxygen atoms in total. The Kier molecular flexibility index (Phi) is 6.42. The van der Waals surface area contributed by atoms with Crippen LogP contribution in [0.2, 0.25) is 5.02 Å². The van der Waals surface area contributed by atoms with Gasteiger partial charge in [0, 0.05) is 23.7 Å². The number of nitrogens with zero attached hydrogens (tertiary/aromatic N) is 1. The van der Waals surface area contributed by atoms with Crippen LogP contribution < -0.4 is 4.74 Å². The zero-order valence-electron chi connectivity index (χ0n) is 15.5. The second-order valence-corrected chi connectivity index (χ2v) is 9.42. The lowest BCUT2D eigenvalue weighted by Crippen LogP contribution is -2.39. The minimum atomic E-state index is -3.10. The smallest absolute Gasteiger partial charge is 0.247 e. The standard InChI is InChI=1S/C21H22ClNO4S/c1-27-20-9-4-16(5-10-20)6-11-21(24)23(19-12-13-28(25,26)15-19)14-17-2-7-18(22)8-3-17/h2-11,19H,12-15H2,1H3/b11-6+/t19-/m1/s1. The quantitative estimate of drug-likeness (QED) is 0.671. The predicted octanol–water partition coefficient (Wildman–Crippen LogP) is 3.58. The molecular formula is C21H22ClNO4S. The molecule has 1 fully saturated rings. The highest BCUT2D eigenvalue weighted by Gasteiger charge is 2.34. The van der Waals surface area contributed by atoms with E-state index in [9.17, 15) is 13.2 Å². The Morgan fingerprint density at radius 2 is 1.86 bits per heavy atom. The highest BCUT2D eigenvalue weighted by molar-refractivity contribution is 7.91. The number of ether oxygens (including phenoxy) is 1. The molecule has 2 aromatic carbocycles. The normalized spacial score (nSPS) is 18.3. The molecule has 28 heavy (non-hydrogen) atoms. The first-order chi connectivity index (χ1) is 13.4. The zero-order chi connectivity index (χ0) is 20.1. The monoisotopic (exact) mass is 419 g/mol. The molecule has 1 aliphatic rings. The lowest BCUT2D eigenvalue weighted by atomic mass is 10.1. The van der Waals surface area contributed by atoms with Crippen LogP contribution in [-0.2, 0) is 21.2 Å². The van der Waals surface area contributed by atoms with E-state index in [0.717, 1.165) is 16.9 Å². The Morgan fingerprint density at radius 3 is 2.43 bits per heavy atom. The van der Waals surface area contributed by atoms with Crippen LogP contribution in [0.5, 0.6) is 5.75 Å². The molecule has 0 aliphatic carbocycles. The van der Waals surface area contributed by atoms with Gasteiger partial charge in [0.05, 0.1) is 18.6 Å². The molecule has 1 saturated heterocycles. The minimum Gasteiger partial charge on any atom is -0.497 e. The van der Waals surface area contributed by atoms with E-state index < -0.39 is 9.84 Å². The summed E-state index contributed by atoms with van der Waals surface area (Å²) in [5, 5.41) is 0.615. The van der Waals surface area contributed by atoms with E-state index in [1.165, 1.54) is 6.08 Å². The molecule has 0 spiro atoms. The van der Waals surface area contributed by atoms with Gasteiger partial charge in [-0.15, -0.1) is 0 Å². The Bertz CT molecular complexity index is 953. The zero-order valence-corrected chi connectivity index (χ0v) is 17.1. The van der Waals surface area contributed by atoms with Crippen molar-refractivity contribution in [2.75, 3.05) is 18.6 Å². The van der Waals surface area contributed by atoms with E-state index in [2.05, 4.69) is 0 Å². The number of hydrogen-bond acceptors (Lipinski definition) is 4. The summed E-state index contributed by atoms with van der Waals surface area (Å²) in [6.07, 6.45) is 3.67. The molecule has 1 aliphatic heterocycles. The van der Waals surface area contributed by atoms with Crippen LogP contribution in [-0.4, -0.2) is 43.9 Å². The molecule has 0 unspecified atom stereocenters. The fourth-order valence-corrected chi connectivity index (χ4v) is 5.03. The fraction of sp³-hybridized carbons (Fsp3) is 0.286. The predicted molar refractivity (Wildman–Crippen MR) is 111 cm³/mol. The van der Waals surface area contributed by atoms with E-state index >= 15 is 0 Å². The molecule has 0 aromatic heterocycles. The number of carbonyl (C=O) groups is 1. The van der Waals surface area contributed by atoms with Crippen LogP contribution in [0, 0.1) is 0 Å². The third-order valence-electron chi connectivity index (χ3n) is 4.73. The van der Waals surface area contributed by atoms with Gasteiger partial charge < -0.3 is 9.64 Å². The summed E-state index contributed by atoms with van der Waals surface area (Å²) >= 11 is 5.93. The average molecular weight is 420 g/mol. The minimum absolute atomic E-state index is 0.00268. The Hall–Kier alpha value is -2.31. The van der Waals surface area contributed by atoms with E-state index in [0.29, 0.717) is 18.0 Å². The largest absolute Gasteiger partial charge is 0.497 e. The number of halogens is 1. The average Bonchev–Trinajstić information content (AvgIpc) is 3.05. The maximum absolute atomic E-state index is 12.9. The topological polar surface area (TPSA) is 63.7 Å². The van der Waals surface area contributed by atoms with Crippen molar-refractivity contribution >= 4 is 33.4 Å². The first kappa shape index (κ1) is 20.4. The summed E-state index contributed by atoms with van der Waals surface area (Å²) in [5.74, 6) is 0.643. The molecule has 1 heterocycles. The van der Waals surface area contributed by atoms with Gasteiger partial charge in [-0.1, -0.05) is 35.9 Å². The van der Waals surface area contributed by atoms with E-state index in [1.54, 1.807) is 30.2 Å². The van der Waals surface area contributed by atoms with Gasteiger partial charge in [-0.25, -0.2) is 8.42 Å². The molecule has 148 valence electrons. The van der Waals surface area contributed by atoms with Crippen molar-refractivity contribution in [2.45, 2.75) is 19.0 Å². The summed E-state index contributed by atoms with van der Waals surface area (Å²) in [5.41, 5.74) is 1.76. The second kappa shape index (κ2) is 8.80. The number of rotatable bonds is 6. The first-order valence-corrected chi connectivity index (χ1v) is 11.1. The van der Waals surface area contributed by atoms with Crippen LogP contribution >= 0.6 is 11.6 Å². The molecule has 7 heteroatoms. The van der Waals surface area contributed by atoms with Crippen LogP contribution in [0.25, 0.3) is 6.08 Å². The Morgan fingerprint density at radius 1 is 1.18 bits per heavy atom. The molecule has 0 bridgehead atoms. The number of sulfone groups is 1. The number of amides is 1. The summed E-state index contributed by atoms with van der Waals surface area (Å²) in [4.78, 5) is 14.5. The second-order valence-electron chi connectivity index (χ2n) is 6.76. The third kappa shape index (κ3) is 5.36. The maximum Gasteiger partial charge on any atom is 0.247 e. The van der Waals surface area contributed by atoms with Crippen molar-refractivity contribution < 1.29 is 17.9 Å². The number of benzene rings is 2. The van der Waals surface area contributed by atoms with Gasteiger partial charge >= 0.3 is 0 Å². The van der Waals surface area contributed by atoms with Crippen molar-refractivity contribution in [3.05, 3.63) is 70.8 Å². The van der Waals surface area contributed by atoms with Gasteiger partial charge in [-0.2, -0.15) is 0 Å².